The van der Waals surface area contributed by atoms with E-state index < -0.39 is 11.6 Å². The molecular formula is C28H17N3O4. The van der Waals surface area contributed by atoms with E-state index in [0.29, 0.717) is 22.4 Å². The lowest BCUT2D eigenvalue weighted by atomic mass is 10.1. The molecule has 0 aliphatic carbocycles. The molecule has 6 rings (SSSR count). The van der Waals surface area contributed by atoms with Crippen LogP contribution in [0.5, 0.6) is 0 Å². The second-order valence-electron chi connectivity index (χ2n) is 7.90. The minimum atomic E-state index is -0.576. The highest BCUT2D eigenvalue weighted by atomic mass is 16.6. The van der Waals surface area contributed by atoms with Crippen LogP contribution in [0.1, 0.15) is 11.1 Å². The maximum atomic E-state index is 12.9. The molecule has 0 spiro atoms. The Bertz CT molecular complexity index is 1700. The second-order valence-corrected chi connectivity index (χ2v) is 7.90. The van der Waals surface area contributed by atoms with Gasteiger partial charge in [0.25, 0.3) is 0 Å². The van der Waals surface area contributed by atoms with E-state index in [1.54, 1.807) is 35.2 Å². The molecule has 5 aromatic rings. The molecule has 0 saturated heterocycles. The molecule has 0 fully saturated rings. The fourth-order valence-corrected chi connectivity index (χ4v) is 3.90. The van der Waals surface area contributed by atoms with Gasteiger partial charge in [-0.3, -0.25) is 0 Å². The van der Waals surface area contributed by atoms with Gasteiger partial charge in [-0.15, -0.1) is 0 Å². The minimum absolute atomic E-state index is 0.114. The Morgan fingerprint density at radius 1 is 0.829 bits per heavy atom. The van der Waals surface area contributed by atoms with Crippen molar-refractivity contribution in [3.63, 3.8) is 0 Å². The largest absolute Gasteiger partial charge is 0.422 e. The average Bonchev–Trinajstić information content (AvgIpc) is 3.48. The van der Waals surface area contributed by atoms with Gasteiger partial charge in [-0.1, -0.05) is 54.6 Å². The molecule has 0 unspecified atom stereocenters. The van der Waals surface area contributed by atoms with E-state index in [1.165, 1.54) is 0 Å². The summed E-state index contributed by atoms with van der Waals surface area (Å²) in [4.78, 5) is 29.9. The van der Waals surface area contributed by atoms with Gasteiger partial charge in [0, 0.05) is 22.7 Å². The Morgan fingerprint density at radius 2 is 1.54 bits per heavy atom. The molecule has 0 radical (unpaired) electrons. The predicted octanol–water partition coefficient (Wildman–Crippen LogP) is 4.99. The summed E-state index contributed by atoms with van der Waals surface area (Å²) in [6.45, 7) is 0. The summed E-state index contributed by atoms with van der Waals surface area (Å²) in [7, 11) is 0. The Kier molecular flexibility index (Phi) is 4.93. The molecule has 1 aliphatic heterocycles. The van der Waals surface area contributed by atoms with Gasteiger partial charge >= 0.3 is 11.6 Å². The monoisotopic (exact) mass is 459 g/mol. The maximum Gasteiger partial charge on any atom is 0.363 e. The van der Waals surface area contributed by atoms with Crippen LogP contribution >= 0.6 is 0 Å². The van der Waals surface area contributed by atoms with Crippen molar-refractivity contribution in [2.75, 3.05) is 0 Å². The summed E-state index contributed by atoms with van der Waals surface area (Å²) in [5.74, 6) is -0.350. The van der Waals surface area contributed by atoms with E-state index >= 15 is 0 Å². The van der Waals surface area contributed by atoms with Crippen LogP contribution in [-0.4, -0.2) is 21.6 Å². The van der Waals surface area contributed by atoms with Gasteiger partial charge in [0.15, 0.2) is 5.70 Å². The lowest BCUT2D eigenvalue weighted by molar-refractivity contribution is -0.129. The molecule has 35 heavy (non-hydrogen) atoms. The van der Waals surface area contributed by atoms with Crippen molar-refractivity contribution in [1.29, 1.82) is 0 Å². The molecule has 168 valence electrons. The minimum Gasteiger partial charge on any atom is -0.422 e. The molecule has 7 nitrogen and oxygen atoms in total. The van der Waals surface area contributed by atoms with Crippen LogP contribution in [0.3, 0.4) is 0 Å². The molecule has 0 atom stereocenters. The molecule has 3 aromatic carbocycles. The summed E-state index contributed by atoms with van der Waals surface area (Å²) in [6.07, 6.45) is 3.32. The molecule has 1 aliphatic rings. The topological polar surface area (TPSA) is 86.7 Å². The van der Waals surface area contributed by atoms with E-state index in [4.69, 9.17) is 9.15 Å². The molecule has 7 heteroatoms. The van der Waals surface area contributed by atoms with Crippen LogP contribution < -0.4 is 5.63 Å². The first-order valence-electron chi connectivity index (χ1n) is 10.9. The summed E-state index contributed by atoms with van der Waals surface area (Å²) in [5.41, 5.74) is 2.75. The third-order valence-electron chi connectivity index (χ3n) is 5.59. The average molecular weight is 459 g/mol. The first kappa shape index (κ1) is 20.6. The standard InChI is InChI=1S/C28H17N3O4/c32-27-22(15-19-11-7-8-14-24(19)34-27)25-20(17-31(30-25)21-12-5-2-6-13-21)16-23-28(33)35-26(29-23)18-9-3-1-4-10-18/h1-17H/b23-16+. The molecule has 0 N–H and O–H groups in total. The van der Waals surface area contributed by atoms with Gasteiger partial charge in [-0.05, 0) is 42.5 Å². The number of hydrogen-bond acceptors (Lipinski definition) is 6. The van der Waals surface area contributed by atoms with E-state index in [2.05, 4.69) is 10.1 Å². The smallest absolute Gasteiger partial charge is 0.363 e. The third-order valence-corrected chi connectivity index (χ3v) is 5.59. The quantitative estimate of drug-likeness (QED) is 0.215. The van der Waals surface area contributed by atoms with E-state index in [0.717, 1.165) is 11.1 Å². The van der Waals surface area contributed by atoms with Gasteiger partial charge in [-0.2, -0.15) is 5.10 Å². The SMILES string of the molecule is O=C1OC(c2ccccc2)=N/C1=C/c1cn(-c2ccccc2)nc1-c1cc2ccccc2oc1=O. The summed E-state index contributed by atoms with van der Waals surface area (Å²) in [6, 6.07) is 27.7. The van der Waals surface area contributed by atoms with Crippen LogP contribution in [-0.2, 0) is 9.53 Å². The number of aromatic nitrogens is 2. The zero-order chi connectivity index (χ0) is 23.8. The molecule has 3 heterocycles. The van der Waals surface area contributed by atoms with Crippen molar-refractivity contribution in [2.24, 2.45) is 4.99 Å². The van der Waals surface area contributed by atoms with Gasteiger partial charge in [0.05, 0.1) is 11.3 Å². The molecule has 0 amide bonds. The highest BCUT2D eigenvalue weighted by Crippen LogP contribution is 2.28. The number of ether oxygens (including phenoxy) is 1. The molecule has 0 bridgehead atoms. The number of rotatable bonds is 4. The highest BCUT2D eigenvalue weighted by molar-refractivity contribution is 6.13. The Hall–Kier alpha value is -5.04. The van der Waals surface area contributed by atoms with Gasteiger partial charge in [-0.25, -0.2) is 19.3 Å². The van der Waals surface area contributed by atoms with Crippen LogP contribution in [0, 0.1) is 0 Å². The highest BCUT2D eigenvalue weighted by Gasteiger charge is 2.25. The predicted molar refractivity (Wildman–Crippen MR) is 132 cm³/mol. The fraction of sp³-hybridized carbons (Fsp3) is 0. The van der Waals surface area contributed by atoms with Crippen molar-refractivity contribution in [3.05, 3.63) is 124 Å². The van der Waals surface area contributed by atoms with Gasteiger partial charge in [0.1, 0.15) is 11.3 Å². The lowest BCUT2D eigenvalue weighted by Gasteiger charge is -2.01. The summed E-state index contributed by atoms with van der Waals surface area (Å²) >= 11 is 0. The number of carbonyl (C=O) groups is 1. The first-order chi connectivity index (χ1) is 17.2. The zero-order valence-electron chi connectivity index (χ0n) is 18.3. The zero-order valence-corrected chi connectivity index (χ0v) is 18.3. The number of benzene rings is 3. The van der Waals surface area contributed by atoms with Gasteiger partial charge < -0.3 is 9.15 Å². The third kappa shape index (κ3) is 3.85. The normalized spacial score (nSPS) is 14.3. The Labute approximate surface area is 199 Å². The molecule has 2 aromatic heterocycles. The first-order valence-corrected chi connectivity index (χ1v) is 10.9. The number of nitrogens with zero attached hydrogens (tertiary/aromatic N) is 3. The number of esters is 1. The number of cyclic esters (lactones) is 1. The number of para-hydroxylation sites is 2. The Balaban J connectivity index is 1.52. The van der Waals surface area contributed by atoms with Crippen LogP contribution in [0.4, 0.5) is 0 Å². The van der Waals surface area contributed by atoms with E-state index in [1.807, 2.05) is 72.8 Å². The van der Waals surface area contributed by atoms with Crippen molar-refractivity contribution >= 4 is 28.9 Å². The fourth-order valence-electron chi connectivity index (χ4n) is 3.90. The van der Waals surface area contributed by atoms with E-state index in [9.17, 15) is 9.59 Å². The Morgan fingerprint density at radius 3 is 2.34 bits per heavy atom. The van der Waals surface area contributed by atoms with Crippen molar-refractivity contribution < 1.29 is 13.9 Å². The number of aliphatic imine (C=N–C) groups is 1. The molecular weight excluding hydrogens is 442 g/mol. The summed E-state index contributed by atoms with van der Waals surface area (Å²) < 4.78 is 12.6. The maximum absolute atomic E-state index is 12.9. The van der Waals surface area contributed by atoms with E-state index in [-0.39, 0.29) is 17.2 Å². The van der Waals surface area contributed by atoms with Gasteiger partial charge in [0.2, 0.25) is 5.90 Å². The van der Waals surface area contributed by atoms with Crippen LogP contribution in [0.2, 0.25) is 0 Å². The van der Waals surface area contributed by atoms with Crippen molar-refractivity contribution in [3.8, 4) is 16.9 Å². The van der Waals surface area contributed by atoms with Crippen LogP contribution in [0.25, 0.3) is 34.0 Å². The number of hydrogen-bond donors (Lipinski definition) is 0. The van der Waals surface area contributed by atoms with Crippen molar-refractivity contribution in [1.82, 2.24) is 9.78 Å². The van der Waals surface area contributed by atoms with Crippen molar-refractivity contribution in [2.45, 2.75) is 0 Å². The number of fused-ring (bicyclic) bond motifs is 1. The van der Waals surface area contributed by atoms with Crippen LogP contribution in [0.15, 0.2) is 117 Å². The summed E-state index contributed by atoms with van der Waals surface area (Å²) in [5, 5.41) is 5.44. The second kappa shape index (κ2) is 8.39. The lowest BCUT2D eigenvalue weighted by Crippen LogP contribution is -2.05. The molecule has 0 saturated carbocycles. The number of carbonyl (C=O) groups excluding carboxylic acids is 1.